The maximum Gasteiger partial charge on any atom is 0.257 e. The highest BCUT2D eigenvalue weighted by Crippen LogP contribution is 2.34. The van der Waals surface area contributed by atoms with Crippen LogP contribution in [0.15, 0.2) is 18.5 Å². The zero-order valence-electron chi connectivity index (χ0n) is 18.3. The van der Waals surface area contributed by atoms with Crippen molar-refractivity contribution in [3.05, 3.63) is 24.2 Å². The number of nitrogens with zero attached hydrogens (tertiary/aromatic N) is 6. The Morgan fingerprint density at radius 2 is 2.12 bits per heavy atom. The van der Waals surface area contributed by atoms with E-state index >= 15 is 0 Å². The van der Waals surface area contributed by atoms with Crippen LogP contribution < -0.4 is 10.1 Å². The smallest absolute Gasteiger partial charge is 0.257 e. The molecule has 10 nitrogen and oxygen atoms in total. The molecule has 1 atom stereocenters. The van der Waals surface area contributed by atoms with E-state index in [9.17, 15) is 5.26 Å². The van der Waals surface area contributed by atoms with Crippen LogP contribution in [0.4, 0.5) is 11.6 Å². The van der Waals surface area contributed by atoms with Crippen LogP contribution in [0.25, 0.3) is 11.0 Å². The van der Waals surface area contributed by atoms with Crippen molar-refractivity contribution >= 4 is 22.7 Å². The van der Waals surface area contributed by atoms with E-state index in [1.165, 1.54) is 0 Å². The Balaban J connectivity index is 1.48. The van der Waals surface area contributed by atoms with Crippen molar-refractivity contribution < 1.29 is 14.2 Å². The van der Waals surface area contributed by atoms with Gasteiger partial charge in [-0.1, -0.05) is 0 Å². The molecular formula is C22H27N7O3. The topological polar surface area (TPSA) is 112 Å². The van der Waals surface area contributed by atoms with Crippen molar-refractivity contribution in [2.75, 3.05) is 32.2 Å². The molecular weight excluding hydrogens is 410 g/mol. The lowest BCUT2D eigenvalue weighted by Gasteiger charge is -2.24. The molecule has 168 valence electrons. The summed E-state index contributed by atoms with van der Waals surface area (Å²) >= 11 is 0. The van der Waals surface area contributed by atoms with E-state index in [-0.39, 0.29) is 18.2 Å². The molecule has 1 saturated heterocycles. The van der Waals surface area contributed by atoms with Crippen molar-refractivity contribution in [1.82, 2.24) is 24.3 Å². The van der Waals surface area contributed by atoms with E-state index in [1.807, 2.05) is 28.4 Å². The summed E-state index contributed by atoms with van der Waals surface area (Å²) in [6.45, 7) is 3.95. The Hall–Kier alpha value is -3.16. The number of fused-ring (bicyclic) bond motifs is 1. The lowest BCUT2D eigenvalue weighted by atomic mass is 10.1. The summed E-state index contributed by atoms with van der Waals surface area (Å²) in [5, 5.41) is 18.4. The average Bonchev–Trinajstić information content (AvgIpc) is 3.42. The summed E-state index contributed by atoms with van der Waals surface area (Å²) in [6, 6.07) is 4.40. The first-order chi connectivity index (χ1) is 15.7. The van der Waals surface area contributed by atoms with E-state index in [2.05, 4.69) is 21.5 Å². The summed E-state index contributed by atoms with van der Waals surface area (Å²) in [6.07, 6.45) is 7.65. The third kappa shape index (κ3) is 4.13. The van der Waals surface area contributed by atoms with E-state index < -0.39 is 0 Å². The number of methoxy groups -OCH3 is 1. The minimum absolute atomic E-state index is 0.0597. The number of hydrogen-bond donors (Lipinski definition) is 1. The van der Waals surface area contributed by atoms with Gasteiger partial charge in [0.1, 0.15) is 29.2 Å². The summed E-state index contributed by atoms with van der Waals surface area (Å²) in [4.78, 5) is 9.25. The minimum atomic E-state index is 0.0597. The molecule has 2 fully saturated rings. The molecule has 32 heavy (non-hydrogen) atoms. The molecule has 10 heteroatoms. The monoisotopic (exact) mass is 437 g/mol. The Labute approximate surface area is 186 Å². The first-order valence-electron chi connectivity index (χ1n) is 11.0. The van der Waals surface area contributed by atoms with Gasteiger partial charge >= 0.3 is 0 Å². The maximum atomic E-state index is 9.68. The summed E-state index contributed by atoms with van der Waals surface area (Å²) in [7, 11) is 1.67. The molecule has 1 aliphatic carbocycles. The molecule has 0 aromatic carbocycles. The molecule has 1 unspecified atom stereocenters. The first-order valence-corrected chi connectivity index (χ1v) is 11.0. The van der Waals surface area contributed by atoms with Crippen LogP contribution in [0, 0.1) is 11.3 Å². The number of hydrogen-bond acceptors (Lipinski definition) is 8. The van der Waals surface area contributed by atoms with E-state index in [1.54, 1.807) is 13.3 Å². The summed E-state index contributed by atoms with van der Waals surface area (Å²) in [5.74, 6) is 0.977. The molecule has 0 spiro atoms. The molecule has 0 radical (unpaired) electrons. The molecule has 0 bridgehead atoms. The normalized spacial score (nSPS) is 17.9. The number of aromatic nitrogens is 5. The predicted octanol–water partition coefficient (Wildman–Crippen LogP) is 3.34. The van der Waals surface area contributed by atoms with Gasteiger partial charge in [-0.25, -0.2) is 4.98 Å². The zero-order valence-corrected chi connectivity index (χ0v) is 18.3. The average molecular weight is 438 g/mol. The van der Waals surface area contributed by atoms with Crippen LogP contribution in [0.3, 0.4) is 0 Å². The molecule has 0 amide bonds. The maximum absolute atomic E-state index is 9.68. The van der Waals surface area contributed by atoms with Crippen LogP contribution in [0.2, 0.25) is 0 Å². The molecule has 2 aliphatic rings. The third-order valence-electron chi connectivity index (χ3n) is 5.85. The first kappa shape index (κ1) is 20.7. The number of rotatable bonds is 8. The molecule has 3 aromatic heterocycles. The van der Waals surface area contributed by atoms with E-state index in [0.29, 0.717) is 43.0 Å². The van der Waals surface area contributed by atoms with Crippen LogP contribution >= 0.6 is 0 Å². The Bertz CT molecular complexity index is 1140. The van der Waals surface area contributed by atoms with Crippen LogP contribution in [-0.2, 0) is 9.47 Å². The quantitative estimate of drug-likeness (QED) is 0.571. The fourth-order valence-electron chi connectivity index (χ4n) is 4.02. The standard InChI is InChI=1S/C22H27N7O3/c1-14(13-30-2)28-12-19(21(27-28)32-18-3-4-18)25-22-24-11-15-9-17(10-23)29(20(15)26-22)16-5-7-31-8-6-16/h9,11-12,14,16,18H,3-8,13H2,1-2H3,(H,24,25,26). The SMILES string of the molecule is COCC(C)n1cc(Nc2ncc3cc(C#N)n(C4CCOCC4)c3n2)c(OC2CC2)n1. The van der Waals surface area contributed by atoms with Gasteiger partial charge in [0.25, 0.3) is 5.88 Å². The van der Waals surface area contributed by atoms with Gasteiger partial charge in [0, 0.05) is 37.9 Å². The second kappa shape index (κ2) is 8.76. The van der Waals surface area contributed by atoms with Crippen molar-refractivity contribution in [3.8, 4) is 11.9 Å². The van der Waals surface area contributed by atoms with Gasteiger partial charge in [0.05, 0.1) is 18.8 Å². The Morgan fingerprint density at radius 1 is 1.31 bits per heavy atom. The molecule has 5 rings (SSSR count). The minimum Gasteiger partial charge on any atom is -0.472 e. The van der Waals surface area contributed by atoms with E-state index in [4.69, 9.17) is 19.2 Å². The molecule has 1 N–H and O–H groups in total. The fraction of sp³-hybridized carbons (Fsp3) is 0.545. The summed E-state index contributed by atoms with van der Waals surface area (Å²) < 4.78 is 20.6. The number of ether oxygens (including phenoxy) is 3. The van der Waals surface area contributed by atoms with Crippen molar-refractivity contribution in [3.63, 3.8) is 0 Å². The second-order valence-electron chi connectivity index (χ2n) is 8.40. The van der Waals surface area contributed by atoms with Crippen molar-refractivity contribution in [2.24, 2.45) is 0 Å². The van der Waals surface area contributed by atoms with Gasteiger partial charge in [-0.05, 0) is 38.7 Å². The fourth-order valence-corrected chi connectivity index (χ4v) is 4.02. The molecule has 4 heterocycles. The molecule has 1 aliphatic heterocycles. The van der Waals surface area contributed by atoms with Crippen LogP contribution in [0.1, 0.15) is 50.4 Å². The van der Waals surface area contributed by atoms with E-state index in [0.717, 1.165) is 36.7 Å². The van der Waals surface area contributed by atoms with Crippen LogP contribution in [0.5, 0.6) is 5.88 Å². The van der Waals surface area contributed by atoms with Gasteiger partial charge in [-0.15, -0.1) is 5.10 Å². The number of anilines is 2. The van der Waals surface area contributed by atoms with Crippen molar-refractivity contribution in [2.45, 2.75) is 50.8 Å². The third-order valence-corrected chi connectivity index (χ3v) is 5.85. The Morgan fingerprint density at radius 3 is 2.84 bits per heavy atom. The van der Waals surface area contributed by atoms with Gasteiger partial charge in [0.15, 0.2) is 0 Å². The Kier molecular flexibility index (Phi) is 5.68. The second-order valence-corrected chi connectivity index (χ2v) is 8.40. The number of nitriles is 1. The molecule has 1 saturated carbocycles. The number of nitrogens with one attached hydrogen (secondary N) is 1. The van der Waals surface area contributed by atoms with Gasteiger partial charge in [0.2, 0.25) is 5.95 Å². The van der Waals surface area contributed by atoms with Crippen LogP contribution in [-0.4, -0.2) is 57.3 Å². The lowest BCUT2D eigenvalue weighted by molar-refractivity contribution is 0.0704. The largest absolute Gasteiger partial charge is 0.472 e. The van der Waals surface area contributed by atoms with Gasteiger partial charge in [-0.2, -0.15) is 10.2 Å². The van der Waals surface area contributed by atoms with Gasteiger partial charge < -0.3 is 24.1 Å². The highest BCUT2D eigenvalue weighted by molar-refractivity contribution is 5.79. The predicted molar refractivity (Wildman–Crippen MR) is 117 cm³/mol. The van der Waals surface area contributed by atoms with Crippen molar-refractivity contribution in [1.29, 1.82) is 5.26 Å². The highest BCUT2D eigenvalue weighted by atomic mass is 16.5. The van der Waals surface area contributed by atoms with Gasteiger partial charge in [-0.3, -0.25) is 4.68 Å². The zero-order chi connectivity index (χ0) is 22.1. The lowest BCUT2D eigenvalue weighted by Crippen LogP contribution is -2.20. The summed E-state index contributed by atoms with van der Waals surface area (Å²) in [5.41, 5.74) is 2.05. The molecule has 3 aromatic rings. The highest BCUT2D eigenvalue weighted by Gasteiger charge is 2.27.